The number of fused-ring (bicyclic) bond motifs is 3. The number of thiazole rings is 1. The molecule has 0 saturated carbocycles. The third kappa shape index (κ3) is 1.93. The summed E-state index contributed by atoms with van der Waals surface area (Å²) >= 11 is 5.29. The Hall–Kier alpha value is -1.45. The summed E-state index contributed by atoms with van der Waals surface area (Å²) in [5.41, 5.74) is 6.41. The summed E-state index contributed by atoms with van der Waals surface area (Å²) in [6, 6.07) is 15.1. The van der Waals surface area contributed by atoms with Gasteiger partial charge in [0.15, 0.2) is 0 Å². The second-order valence-corrected chi connectivity index (χ2v) is 7.13. The highest BCUT2D eigenvalue weighted by atomic mass is 79.9. The minimum Gasteiger partial charge on any atom is -0.236 e. The van der Waals surface area contributed by atoms with Crippen molar-refractivity contribution >= 4 is 27.3 Å². The Bertz CT molecular complexity index is 802. The van der Waals surface area contributed by atoms with Gasteiger partial charge in [0.05, 0.1) is 5.69 Å². The van der Waals surface area contributed by atoms with E-state index in [1.807, 2.05) is 11.3 Å². The lowest BCUT2D eigenvalue weighted by atomic mass is 10.1. The van der Waals surface area contributed by atoms with E-state index in [4.69, 9.17) is 4.98 Å². The van der Waals surface area contributed by atoms with Gasteiger partial charge in [-0.25, -0.2) is 4.98 Å². The van der Waals surface area contributed by atoms with Gasteiger partial charge in [-0.2, -0.15) is 0 Å². The average molecular weight is 342 g/mol. The molecule has 1 aliphatic carbocycles. The third-order valence-corrected chi connectivity index (χ3v) is 5.29. The number of hydrogen-bond acceptors (Lipinski definition) is 2. The number of aromatic nitrogens is 1. The first kappa shape index (κ1) is 12.3. The Labute approximate surface area is 130 Å². The van der Waals surface area contributed by atoms with Crippen molar-refractivity contribution in [2.75, 3.05) is 0 Å². The molecule has 2 aromatic carbocycles. The molecule has 0 unspecified atom stereocenters. The van der Waals surface area contributed by atoms with Crippen LogP contribution in [0, 0.1) is 6.92 Å². The van der Waals surface area contributed by atoms with E-state index in [1.165, 1.54) is 32.8 Å². The second-order valence-electron chi connectivity index (χ2n) is 5.14. The zero-order chi connectivity index (χ0) is 13.7. The zero-order valence-electron chi connectivity index (χ0n) is 11.0. The molecular weight excluding hydrogens is 330 g/mol. The van der Waals surface area contributed by atoms with Gasteiger partial charge in [0, 0.05) is 26.9 Å². The van der Waals surface area contributed by atoms with Crippen LogP contribution in [-0.2, 0) is 6.42 Å². The van der Waals surface area contributed by atoms with Gasteiger partial charge >= 0.3 is 0 Å². The molecule has 3 aromatic rings. The molecule has 0 aliphatic heterocycles. The molecule has 1 nitrogen and oxygen atoms in total. The van der Waals surface area contributed by atoms with Crippen LogP contribution in [0.4, 0.5) is 0 Å². The quantitative estimate of drug-likeness (QED) is 0.448. The van der Waals surface area contributed by atoms with Crippen molar-refractivity contribution in [2.24, 2.45) is 0 Å². The van der Waals surface area contributed by atoms with Crippen molar-refractivity contribution in [3.8, 4) is 21.8 Å². The maximum Gasteiger partial charge on any atom is 0.124 e. The summed E-state index contributed by atoms with van der Waals surface area (Å²) < 4.78 is 1.10. The number of aryl methyl sites for hydroxylation is 1. The minimum absolute atomic E-state index is 1.03. The lowest BCUT2D eigenvalue weighted by Crippen LogP contribution is -1.83. The summed E-state index contributed by atoms with van der Waals surface area (Å²) in [4.78, 5) is 6.27. The largest absolute Gasteiger partial charge is 0.236 e. The molecule has 0 fully saturated rings. The number of rotatable bonds is 1. The molecule has 0 spiro atoms. The van der Waals surface area contributed by atoms with Crippen LogP contribution < -0.4 is 0 Å². The van der Waals surface area contributed by atoms with Crippen molar-refractivity contribution in [1.82, 2.24) is 4.98 Å². The summed E-state index contributed by atoms with van der Waals surface area (Å²) in [5.74, 6) is 0. The molecule has 0 amide bonds. The Kier molecular flexibility index (Phi) is 2.79. The minimum atomic E-state index is 1.03. The van der Waals surface area contributed by atoms with E-state index in [1.54, 1.807) is 0 Å². The maximum atomic E-state index is 4.88. The second kappa shape index (κ2) is 4.54. The Balaban J connectivity index is 1.82. The van der Waals surface area contributed by atoms with Gasteiger partial charge in [0.2, 0.25) is 0 Å². The predicted molar refractivity (Wildman–Crippen MR) is 88.2 cm³/mol. The fourth-order valence-corrected chi connectivity index (χ4v) is 4.00. The molecule has 0 saturated heterocycles. The van der Waals surface area contributed by atoms with Crippen LogP contribution >= 0.6 is 27.3 Å². The molecule has 1 aromatic heterocycles. The van der Waals surface area contributed by atoms with Crippen LogP contribution in [-0.4, -0.2) is 4.98 Å². The fraction of sp³-hybridized carbons (Fsp3) is 0.118. The summed E-state index contributed by atoms with van der Waals surface area (Å²) in [7, 11) is 0. The van der Waals surface area contributed by atoms with E-state index in [-0.39, 0.29) is 0 Å². The first-order valence-electron chi connectivity index (χ1n) is 6.56. The number of halogens is 1. The number of benzene rings is 2. The van der Waals surface area contributed by atoms with E-state index < -0.39 is 0 Å². The molecule has 3 heteroatoms. The highest BCUT2D eigenvalue weighted by Crippen LogP contribution is 2.42. The lowest BCUT2D eigenvalue weighted by Gasteiger charge is -2.01. The molecule has 0 bridgehead atoms. The Morgan fingerprint density at radius 1 is 1.10 bits per heavy atom. The first-order chi connectivity index (χ1) is 9.70. The van der Waals surface area contributed by atoms with Gasteiger partial charge in [-0.15, -0.1) is 11.3 Å². The van der Waals surface area contributed by atoms with Crippen LogP contribution in [0.2, 0.25) is 0 Å². The van der Waals surface area contributed by atoms with Crippen LogP contribution in [0.15, 0.2) is 46.9 Å². The molecule has 4 rings (SSSR count). The van der Waals surface area contributed by atoms with Crippen molar-refractivity contribution in [1.29, 1.82) is 0 Å². The predicted octanol–water partition coefficient (Wildman–Crippen LogP) is 5.45. The Morgan fingerprint density at radius 2 is 1.90 bits per heavy atom. The highest BCUT2D eigenvalue weighted by Gasteiger charge is 2.23. The smallest absolute Gasteiger partial charge is 0.124 e. The summed E-state index contributed by atoms with van der Waals surface area (Å²) in [6.45, 7) is 2.14. The highest BCUT2D eigenvalue weighted by molar-refractivity contribution is 9.10. The monoisotopic (exact) mass is 341 g/mol. The van der Waals surface area contributed by atoms with Crippen molar-refractivity contribution in [3.05, 3.63) is 62.9 Å². The molecule has 1 heterocycles. The SMILES string of the molecule is Cc1ccc2c(c1)-c1nc(-c3ccc(Br)cc3)sc1C2. The standard InChI is InChI=1S/C17H12BrNS/c1-10-2-3-12-9-15-16(14(12)8-10)19-17(20-15)11-4-6-13(18)7-5-11/h2-8H,9H2,1H3. The van der Waals surface area contributed by atoms with Gasteiger partial charge < -0.3 is 0 Å². The van der Waals surface area contributed by atoms with Crippen molar-refractivity contribution in [3.63, 3.8) is 0 Å². The molecule has 0 atom stereocenters. The van der Waals surface area contributed by atoms with E-state index in [9.17, 15) is 0 Å². The van der Waals surface area contributed by atoms with E-state index in [0.29, 0.717) is 0 Å². The van der Waals surface area contributed by atoms with Gasteiger partial charge in [-0.05, 0) is 30.7 Å². The van der Waals surface area contributed by atoms with Gasteiger partial charge in [-0.1, -0.05) is 45.8 Å². The van der Waals surface area contributed by atoms with Crippen LogP contribution in [0.3, 0.4) is 0 Å². The summed E-state index contributed by atoms with van der Waals surface area (Å²) in [6.07, 6.45) is 1.03. The van der Waals surface area contributed by atoms with Gasteiger partial charge in [0.1, 0.15) is 5.01 Å². The van der Waals surface area contributed by atoms with E-state index >= 15 is 0 Å². The van der Waals surface area contributed by atoms with Gasteiger partial charge in [0.25, 0.3) is 0 Å². The van der Waals surface area contributed by atoms with Crippen LogP contribution in [0.1, 0.15) is 16.0 Å². The molecule has 0 radical (unpaired) electrons. The molecular formula is C17H12BrNS. The molecule has 0 N–H and O–H groups in total. The van der Waals surface area contributed by atoms with Crippen molar-refractivity contribution < 1.29 is 0 Å². The third-order valence-electron chi connectivity index (χ3n) is 3.66. The topological polar surface area (TPSA) is 12.9 Å². The van der Waals surface area contributed by atoms with Gasteiger partial charge in [-0.3, -0.25) is 0 Å². The van der Waals surface area contributed by atoms with E-state index in [2.05, 4.69) is 65.3 Å². The maximum absolute atomic E-state index is 4.88. The number of hydrogen-bond donors (Lipinski definition) is 0. The van der Waals surface area contributed by atoms with Crippen LogP contribution in [0.5, 0.6) is 0 Å². The summed E-state index contributed by atoms with van der Waals surface area (Å²) in [5, 5.41) is 1.12. The van der Waals surface area contributed by atoms with E-state index in [0.717, 1.165) is 15.9 Å². The van der Waals surface area contributed by atoms with Crippen molar-refractivity contribution in [2.45, 2.75) is 13.3 Å². The molecule has 1 aliphatic rings. The first-order valence-corrected chi connectivity index (χ1v) is 8.17. The average Bonchev–Trinajstić information content (AvgIpc) is 2.98. The molecule has 20 heavy (non-hydrogen) atoms. The Morgan fingerprint density at radius 3 is 2.70 bits per heavy atom. The lowest BCUT2D eigenvalue weighted by molar-refractivity contribution is 1.30. The number of nitrogens with zero attached hydrogens (tertiary/aromatic N) is 1. The fourth-order valence-electron chi connectivity index (χ4n) is 2.64. The zero-order valence-corrected chi connectivity index (χ0v) is 13.4. The molecule has 98 valence electrons. The normalized spacial score (nSPS) is 12.3. The van der Waals surface area contributed by atoms with Crippen LogP contribution in [0.25, 0.3) is 21.8 Å².